The van der Waals surface area contributed by atoms with E-state index in [1.165, 1.54) is 12.1 Å². The Balaban J connectivity index is 2.11. The van der Waals surface area contributed by atoms with E-state index in [9.17, 15) is 18.3 Å². The topological polar surface area (TPSA) is 41.5 Å². The molecule has 3 nitrogen and oxygen atoms in total. The van der Waals surface area contributed by atoms with Gasteiger partial charge in [-0.15, -0.1) is 0 Å². The molecule has 1 saturated heterocycles. The molecule has 1 heterocycles. The Bertz CT molecular complexity index is 395. The highest BCUT2D eigenvalue weighted by Gasteiger charge is 2.31. The smallest absolute Gasteiger partial charge is 0.416 e. The van der Waals surface area contributed by atoms with Crippen LogP contribution in [0.3, 0.4) is 0 Å². The predicted octanol–water partition coefficient (Wildman–Crippen LogP) is 1.42. The van der Waals surface area contributed by atoms with Crippen LogP contribution in [-0.2, 0) is 6.18 Å². The van der Waals surface area contributed by atoms with Gasteiger partial charge < -0.3 is 15.2 Å². The molecule has 17 heavy (non-hydrogen) atoms. The Morgan fingerprint density at radius 3 is 2.65 bits per heavy atom. The quantitative estimate of drug-likeness (QED) is 0.830. The summed E-state index contributed by atoms with van der Waals surface area (Å²) in [5.74, 6) is 0.118. The van der Waals surface area contributed by atoms with Crippen molar-refractivity contribution in [1.82, 2.24) is 5.32 Å². The number of ether oxygens (including phenoxy) is 1. The van der Waals surface area contributed by atoms with Gasteiger partial charge in [-0.25, -0.2) is 0 Å². The molecule has 0 aliphatic carbocycles. The first kappa shape index (κ1) is 12.2. The summed E-state index contributed by atoms with van der Waals surface area (Å²) in [6.07, 6.45) is -5.57. The van der Waals surface area contributed by atoms with Crippen molar-refractivity contribution >= 4 is 0 Å². The highest BCUT2D eigenvalue weighted by atomic mass is 19.4. The standard InChI is InChI=1S/C11H12F3NO2/c12-11(13,14)7-2-1-3-8(4-7)17-10-6-15-5-9(10)16/h1-4,9-10,15-16H,5-6H2/t9-,10-/m1/s1. The second kappa shape index (κ2) is 4.54. The minimum Gasteiger partial charge on any atom is -0.486 e. The minimum atomic E-state index is -4.38. The Hall–Kier alpha value is -1.27. The van der Waals surface area contributed by atoms with Gasteiger partial charge in [0.1, 0.15) is 18.0 Å². The SMILES string of the molecule is O[C@@H]1CNC[C@H]1Oc1cccc(C(F)(F)F)c1. The van der Waals surface area contributed by atoms with Crippen LogP contribution in [-0.4, -0.2) is 30.4 Å². The molecule has 0 amide bonds. The average Bonchev–Trinajstić information content (AvgIpc) is 2.64. The first-order chi connectivity index (χ1) is 7.97. The van der Waals surface area contributed by atoms with Crippen molar-refractivity contribution in [2.75, 3.05) is 13.1 Å². The largest absolute Gasteiger partial charge is 0.486 e. The van der Waals surface area contributed by atoms with Gasteiger partial charge in [-0.2, -0.15) is 13.2 Å². The van der Waals surface area contributed by atoms with Gasteiger partial charge in [-0.3, -0.25) is 0 Å². The van der Waals surface area contributed by atoms with Gasteiger partial charge in [0.2, 0.25) is 0 Å². The zero-order valence-corrected chi connectivity index (χ0v) is 8.87. The molecule has 1 fully saturated rings. The zero-order valence-electron chi connectivity index (χ0n) is 8.87. The van der Waals surface area contributed by atoms with Gasteiger partial charge in [0.25, 0.3) is 0 Å². The Morgan fingerprint density at radius 2 is 2.06 bits per heavy atom. The fourth-order valence-corrected chi connectivity index (χ4v) is 1.68. The zero-order chi connectivity index (χ0) is 12.5. The lowest BCUT2D eigenvalue weighted by molar-refractivity contribution is -0.137. The summed E-state index contributed by atoms with van der Waals surface area (Å²) in [6, 6.07) is 4.65. The number of hydrogen-bond donors (Lipinski definition) is 2. The summed E-state index contributed by atoms with van der Waals surface area (Å²) in [5.41, 5.74) is -0.754. The van der Waals surface area contributed by atoms with E-state index in [2.05, 4.69) is 5.32 Å². The van der Waals surface area contributed by atoms with E-state index in [0.29, 0.717) is 13.1 Å². The van der Waals surface area contributed by atoms with E-state index < -0.39 is 23.9 Å². The average molecular weight is 247 g/mol. The third kappa shape index (κ3) is 2.89. The van der Waals surface area contributed by atoms with Crippen molar-refractivity contribution in [1.29, 1.82) is 0 Å². The van der Waals surface area contributed by atoms with Crippen molar-refractivity contribution in [3.8, 4) is 5.75 Å². The fraction of sp³-hybridized carbons (Fsp3) is 0.455. The first-order valence-corrected chi connectivity index (χ1v) is 5.19. The molecule has 0 aromatic heterocycles. The second-order valence-electron chi connectivity index (χ2n) is 3.91. The van der Waals surface area contributed by atoms with E-state index in [4.69, 9.17) is 4.74 Å². The van der Waals surface area contributed by atoms with Gasteiger partial charge >= 0.3 is 6.18 Å². The van der Waals surface area contributed by atoms with E-state index in [1.54, 1.807) is 0 Å². The molecule has 2 N–H and O–H groups in total. The molecule has 6 heteroatoms. The van der Waals surface area contributed by atoms with Crippen LogP contribution in [0, 0.1) is 0 Å². The van der Waals surface area contributed by atoms with E-state index in [1.807, 2.05) is 0 Å². The summed E-state index contributed by atoms with van der Waals surface area (Å²) in [7, 11) is 0. The maximum atomic E-state index is 12.4. The van der Waals surface area contributed by atoms with E-state index >= 15 is 0 Å². The third-order valence-electron chi connectivity index (χ3n) is 2.58. The van der Waals surface area contributed by atoms with Gasteiger partial charge in [-0.05, 0) is 18.2 Å². The summed E-state index contributed by atoms with van der Waals surface area (Å²) < 4.78 is 42.6. The van der Waals surface area contributed by atoms with Crippen LogP contribution >= 0.6 is 0 Å². The number of hydrogen-bond acceptors (Lipinski definition) is 3. The van der Waals surface area contributed by atoms with Crippen molar-refractivity contribution in [2.24, 2.45) is 0 Å². The normalized spacial score (nSPS) is 24.9. The van der Waals surface area contributed by atoms with Gasteiger partial charge in [0, 0.05) is 13.1 Å². The first-order valence-electron chi connectivity index (χ1n) is 5.19. The Morgan fingerprint density at radius 1 is 1.29 bits per heavy atom. The summed E-state index contributed by atoms with van der Waals surface area (Å²) in [4.78, 5) is 0. The lowest BCUT2D eigenvalue weighted by atomic mass is 10.2. The maximum Gasteiger partial charge on any atom is 0.416 e. The number of aliphatic hydroxyl groups is 1. The molecule has 0 radical (unpaired) electrons. The summed E-state index contributed by atoms with van der Waals surface area (Å²) in [5, 5.41) is 12.4. The molecule has 2 rings (SSSR count). The van der Waals surface area contributed by atoms with Crippen LogP contribution in [0.5, 0.6) is 5.75 Å². The molecule has 1 aliphatic heterocycles. The Kier molecular flexibility index (Phi) is 3.26. The number of benzene rings is 1. The minimum absolute atomic E-state index is 0.118. The molecule has 0 unspecified atom stereocenters. The second-order valence-corrected chi connectivity index (χ2v) is 3.91. The van der Waals surface area contributed by atoms with Crippen molar-refractivity contribution < 1.29 is 23.0 Å². The summed E-state index contributed by atoms with van der Waals surface area (Å²) in [6.45, 7) is 0.820. The molecule has 94 valence electrons. The highest BCUT2D eigenvalue weighted by molar-refractivity contribution is 5.30. The molecular weight excluding hydrogens is 235 g/mol. The molecule has 2 atom stereocenters. The van der Waals surface area contributed by atoms with Crippen LogP contribution in [0.4, 0.5) is 13.2 Å². The van der Waals surface area contributed by atoms with Crippen LogP contribution < -0.4 is 10.1 Å². The number of rotatable bonds is 2. The number of halogens is 3. The van der Waals surface area contributed by atoms with Crippen molar-refractivity contribution in [2.45, 2.75) is 18.4 Å². The predicted molar refractivity (Wildman–Crippen MR) is 54.7 cm³/mol. The van der Waals surface area contributed by atoms with Gasteiger partial charge in [0.15, 0.2) is 0 Å². The molecule has 0 saturated carbocycles. The van der Waals surface area contributed by atoms with E-state index in [0.717, 1.165) is 12.1 Å². The lowest BCUT2D eigenvalue weighted by Gasteiger charge is -2.17. The Labute approximate surface area is 96.2 Å². The molecule has 1 aromatic carbocycles. The number of nitrogens with one attached hydrogen (secondary N) is 1. The van der Waals surface area contributed by atoms with Crippen LogP contribution in [0.25, 0.3) is 0 Å². The highest BCUT2D eigenvalue weighted by Crippen LogP contribution is 2.31. The molecule has 0 spiro atoms. The van der Waals surface area contributed by atoms with Crippen molar-refractivity contribution in [3.05, 3.63) is 29.8 Å². The lowest BCUT2D eigenvalue weighted by Crippen LogP contribution is -2.29. The van der Waals surface area contributed by atoms with Crippen LogP contribution in [0.1, 0.15) is 5.56 Å². The molecule has 0 bridgehead atoms. The van der Waals surface area contributed by atoms with Crippen molar-refractivity contribution in [3.63, 3.8) is 0 Å². The molecular formula is C11H12F3NO2. The van der Waals surface area contributed by atoms with Gasteiger partial charge in [-0.1, -0.05) is 6.07 Å². The number of aliphatic hydroxyl groups excluding tert-OH is 1. The van der Waals surface area contributed by atoms with Crippen LogP contribution in [0.15, 0.2) is 24.3 Å². The monoisotopic (exact) mass is 247 g/mol. The number of alkyl halides is 3. The third-order valence-corrected chi connectivity index (χ3v) is 2.58. The number of β-amino-alcohol motifs (C(OH)–C–C–N with tert-alkyl or cyclic N) is 1. The maximum absolute atomic E-state index is 12.4. The van der Waals surface area contributed by atoms with E-state index in [-0.39, 0.29) is 5.75 Å². The van der Waals surface area contributed by atoms with Gasteiger partial charge in [0.05, 0.1) is 5.56 Å². The summed E-state index contributed by atoms with van der Waals surface area (Å²) >= 11 is 0. The molecule has 1 aromatic rings. The fourth-order valence-electron chi connectivity index (χ4n) is 1.68. The molecule has 1 aliphatic rings. The van der Waals surface area contributed by atoms with Crippen LogP contribution in [0.2, 0.25) is 0 Å².